The third-order valence-corrected chi connectivity index (χ3v) is 5.95. The zero-order chi connectivity index (χ0) is 24.4. The van der Waals surface area contributed by atoms with Crippen molar-refractivity contribution in [1.82, 2.24) is 20.9 Å². The molecule has 0 bridgehead atoms. The normalized spacial score (nSPS) is 12.5. The molecule has 2 amide bonds. The number of para-hydroxylation sites is 1. The summed E-state index contributed by atoms with van der Waals surface area (Å²) in [6.45, 7) is -0.159. The van der Waals surface area contributed by atoms with Crippen molar-refractivity contribution < 1.29 is 29.4 Å². The maximum absolute atomic E-state index is 12.3. The zero-order valence-corrected chi connectivity index (χ0v) is 19.1. The topological polar surface area (TPSA) is 187 Å². The maximum Gasteiger partial charge on any atom is 0.322 e. The molecule has 33 heavy (non-hydrogen) atoms. The number of H-pyrrole nitrogens is 1. The third-order valence-electron chi connectivity index (χ3n) is 4.54. The van der Waals surface area contributed by atoms with Gasteiger partial charge < -0.3 is 36.9 Å². The first kappa shape index (κ1) is 26.1. The molecule has 0 aliphatic heterocycles. The predicted molar refractivity (Wildman–Crippen MR) is 128 cm³/mol. The molecule has 0 aliphatic rings. The van der Waals surface area contributed by atoms with E-state index in [2.05, 4.69) is 20.9 Å². The van der Waals surface area contributed by atoms with E-state index in [9.17, 15) is 19.2 Å². The van der Waals surface area contributed by atoms with Crippen LogP contribution in [-0.2, 0) is 25.7 Å². The Kier molecular flexibility index (Phi) is 10.1. The van der Waals surface area contributed by atoms with Gasteiger partial charge in [-0.25, -0.2) is 0 Å². The van der Waals surface area contributed by atoms with Gasteiger partial charge in [-0.15, -0.1) is 0 Å². The van der Waals surface area contributed by atoms with E-state index in [-0.39, 0.29) is 18.6 Å². The van der Waals surface area contributed by atoms with E-state index >= 15 is 0 Å². The van der Waals surface area contributed by atoms with Crippen LogP contribution in [0.1, 0.15) is 18.4 Å². The molecule has 0 aliphatic carbocycles. The number of hydrogen-bond acceptors (Lipinski definition) is 7. The van der Waals surface area contributed by atoms with Crippen LogP contribution in [0.15, 0.2) is 30.5 Å². The molecule has 1 unspecified atom stereocenters. The molecule has 11 nitrogen and oxygen atoms in total. The summed E-state index contributed by atoms with van der Waals surface area (Å²) in [5, 5.41) is 26.4. The van der Waals surface area contributed by atoms with Gasteiger partial charge in [0.1, 0.15) is 22.9 Å². The summed E-state index contributed by atoms with van der Waals surface area (Å²) in [5.41, 5.74) is 7.39. The Morgan fingerprint density at radius 3 is 2.58 bits per heavy atom. The number of fused-ring (bicyclic) bond motifs is 1. The van der Waals surface area contributed by atoms with Crippen molar-refractivity contribution in [3.63, 3.8) is 0 Å². The molecule has 0 saturated heterocycles. The summed E-state index contributed by atoms with van der Waals surface area (Å²) in [7, 11) is 0. The Bertz CT molecular complexity index is 1030. The van der Waals surface area contributed by atoms with Crippen molar-refractivity contribution in [2.75, 3.05) is 12.3 Å². The quantitative estimate of drug-likeness (QED) is 0.200. The second-order valence-corrected chi connectivity index (χ2v) is 8.72. The van der Waals surface area contributed by atoms with Crippen LogP contribution in [0.2, 0.25) is 0 Å². The number of nitrogens with two attached hydrogens (primary N) is 1. The highest BCUT2D eigenvalue weighted by Crippen LogP contribution is 2.17. The number of carboxylic acid groups (broad SMARTS) is 2. The summed E-state index contributed by atoms with van der Waals surface area (Å²) >= 11 is 6.42. The standard InChI is InChI=1S/C20H25N5O6S2/c21-13(19(30)31)5-6-16(26)25-15(18(29)23-9-17(27)28)10-33-20(32)24-8-11-7-22-14-4-2-1-3-12(11)14/h1-4,7,13,15,22H,5-6,8-10,21H2,(H,23,29)(H,24,32)(H,25,26)(H,27,28)(H,30,31)/t13?,15-/m0/s1. The molecule has 1 heterocycles. The predicted octanol–water partition coefficient (Wildman–Crippen LogP) is 0.153. The van der Waals surface area contributed by atoms with Gasteiger partial charge in [-0.1, -0.05) is 42.2 Å². The van der Waals surface area contributed by atoms with Gasteiger partial charge in [0.15, 0.2) is 0 Å². The summed E-state index contributed by atoms with van der Waals surface area (Å²) in [5.74, 6) is -3.70. The van der Waals surface area contributed by atoms with Crippen LogP contribution in [0.5, 0.6) is 0 Å². The van der Waals surface area contributed by atoms with Gasteiger partial charge in [0.25, 0.3) is 0 Å². The number of rotatable bonds is 12. The highest BCUT2D eigenvalue weighted by Gasteiger charge is 2.23. The second kappa shape index (κ2) is 12.8. The zero-order valence-electron chi connectivity index (χ0n) is 17.5. The molecule has 8 N–H and O–H groups in total. The fraction of sp³-hybridized carbons (Fsp3) is 0.350. The molecule has 0 spiro atoms. The minimum atomic E-state index is -1.24. The lowest BCUT2D eigenvalue weighted by Gasteiger charge is -2.18. The highest BCUT2D eigenvalue weighted by molar-refractivity contribution is 8.23. The molecule has 2 aromatic rings. The minimum absolute atomic E-state index is 0.0435. The lowest BCUT2D eigenvalue weighted by Crippen LogP contribution is -2.49. The number of aromatic nitrogens is 1. The number of thiocarbonyl (C=S) groups is 1. The third kappa shape index (κ3) is 8.71. The van der Waals surface area contributed by atoms with Gasteiger partial charge in [-0.05, 0) is 18.1 Å². The van der Waals surface area contributed by atoms with Crippen LogP contribution in [0.25, 0.3) is 10.9 Å². The maximum atomic E-state index is 12.3. The SMILES string of the molecule is NC(CCC(=O)N[C@@H](CSC(=S)NCc1c[nH]c2ccccc12)C(=O)NCC(=O)O)C(=O)O. The van der Waals surface area contributed by atoms with Crippen molar-refractivity contribution in [2.24, 2.45) is 5.73 Å². The molecule has 1 aromatic carbocycles. The van der Waals surface area contributed by atoms with Gasteiger partial charge in [-0.3, -0.25) is 19.2 Å². The van der Waals surface area contributed by atoms with Crippen LogP contribution in [0.3, 0.4) is 0 Å². The van der Waals surface area contributed by atoms with Crippen LogP contribution in [0, 0.1) is 0 Å². The average Bonchev–Trinajstić information content (AvgIpc) is 3.20. The van der Waals surface area contributed by atoms with Gasteiger partial charge >= 0.3 is 11.9 Å². The molecule has 0 fully saturated rings. The lowest BCUT2D eigenvalue weighted by atomic mass is 10.1. The second-order valence-electron chi connectivity index (χ2n) is 7.03. The first-order chi connectivity index (χ1) is 15.7. The van der Waals surface area contributed by atoms with Crippen LogP contribution in [-0.4, -0.2) is 67.7 Å². The van der Waals surface area contributed by atoms with Gasteiger partial charge in [0, 0.05) is 35.8 Å². The fourth-order valence-corrected chi connectivity index (χ4v) is 3.80. The van der Waals surface area contributed by atoms with Crippen molar-refractivity contribution in [2.45, 2.75) is 31.5 Å². The molecule has 1 aromatic heterocycles. The molecule has 2 rings (SSSR count). The van der Waals surface area contributed by atoms with E-state index in [0.717, 1.165) is 28.2 Å². The van der Waals surface area contributed by atoms with E-state index in [1.165, 1.54) is 0 Å². The number of carbonyl (C=O) groups excluding carboxylic acids is 2. The Morgan fingerprint density at radius 1 is 1.15 bits per heavy atom. The number of aromatic amines is 1. The van der Waals surface area contributed by atoms with Crippen LogP contribution in [0.4, 0.5) is 0 Å². The van der Waals surface area contributed by atoms with Crippen LogP contribution >= 0.6 is 24.0 Å². The number of benzene rings is 1. The summed E-state index contributed by atoms with van der Waals surface area (Å²) in [6.07, 6.45) is 1.56. The number of hydrogen-bond donors (Lipinski definition) is 7. The van der Waals surface area contributed by atoms with E-state index in [4.69, 9.17) is 28.2 Å². The van der Waals surface area contributed by atoms with E-state index in [1.807, 2.05) is 30.5 Å². The summed E-state index contributed by atoms with van der Waals surface area (Å²) in [6, 6.07) is 5.52. The van der Waals surface area contributed by atoms with Gasteiger partial charge in [-0.2, -0.15) is 0 Å². The highest BCUT2D eigenvalue weighted by atomic mass is 32.2. The first-order valence-corrected chi connectivity index (χ1v) is 11.3. The van der Waals surface area contributed by atoms with Crippen molar-refractivity contribution in [3.05, 3.63) is 36.0 Å². The Labute approximate surface area is 198 Å². The first-order valence-electron chi connectivity index (χ1n) is 9.90. The molecule has 0 radical (unpaired) electrons. The summed E-state index contributed by atoms with van der Waals surface area (Å²) < 4.78 is 0.387. The van der Waals surface area contributed by atoms with Crippen molar-refractivity contribution >= 4 is 63.0 Å². The largest absolute Gasteiger partial charge is 0.480 e. The number of thioether (sulfide) groups is 1. The monoisotopic (exact) mass is 495 g/mol. The summed E-state index contributed by atoms with van der Waals surface area (Å²) in [4.78, 5) is 49.2. The molecule has 2 atom stereocenters. The van der Waals surface area contributed by atoms with Gasteiger partial charge in [0.05, 0.1) is 0 Å². The van der Waals surface area contributed by atoms with Crippen molar-refractivity contribution in [1.29, 1.82) is 0 Å². The molecular formula is C20H25N5O6S2. The minimum Gasteiger partial charge on any atom is -0.480 e. The van der Waals surface area contributed by atoms with E-state index in [0.29, 0.717) is 10.9 Å². The number of nitrogens with one attached hydrogen (secondary N) is 4. The average molecular weight is 496 g/mol. The van der Waals surface area contributed by atoms with Gasteiger partial charge in [0.2, 0.25) is 11.8 Å². The smallest absolute Gasteiger partial charge is 0.322 e. The number of carbonyl (C=O) groups is 4. The fourth-order valence-electron chi connectivity index (χ4n) is 2.80. The van der Waals surface area contributed by atoms with E-state index in [1.54, 1.807) is 0 Å². The molecule has 178 valence electrons. The number of carboxylic acids is 2. The van der Waals surface area contributed by atoms with E-state index < -0.39 is 42.4 Å². The van der Waals surface area contributed by atoms with Crippen LogP contribution < -0.4 is 21.7 Å². The van der Waals surface area contributed by atoms with Crippen molar-refractivity contribution in [3.8, 4) is 0 Å². The molecule has 13 heteroatoms. The lowest BCUT2D eigenvalue weighted by molar-refractivity contribution is -0.139. The number of amides is 2. The number of aliphatic carboxylic acids is 2. The Morgan fingerprint density at radius 2 is 1.88 bits per heavy atom. The molecule has 0 saturated carbocycles. The Balaban J connectivity index is 1.90. The molecular weight excluding hydrogens is 470 g/mol. The Hall–Kier alpha value is -3.16.